The van der Waals surface area contributed by atoms with Gasteiger partial charge in [-0.2, -0.15) is 0 Å². The van der Waals surface area contributed by atoms with Crippen LogP contribution in [0, 0.1) is 13.8 Å². The largest absolute Gasteiger partial charge is 0.448 e. The zero-order valence-electron chi connectivity index (χ0n) is 13.0. The van der Waals surface area contributed by atoms with Gasteiger partial charge in [0.05, 0.1) is 11.7 Å². The van der Waals surface area contributed by atoms with Crippen molar-refractivity contribution in [3.63, 3.8) is 0 Å². The average Bonchev–Trinajstić information content (AvgIpc) is 3.14. The average molecular weight is 301 g/mol. The second-order valence-electron chi connectivity index (χ2n) is 5.38. The number of nitrogens with one attached hydrogen (secondary N) is 1. The molecule has 1 amide bonds. The van der Waals surface area contributed by atoms with E-state index < -0.39 is 0 Å². The van der Waals surface area contributed by atoms with E-state index in [1.54, 1.807) is 6.92 Å². The molecule has 1 atom stereocenters. The van der Waals surface area contributed by atoms with Crippen LogP contribution < -0.4 is 5.32 Å². The van der Waals surface area contributed by atoms with Gasteiger partial charge in [0.1, 0.15) is 17.9 Å². The number of anilines is 1. The Hall–Kier alpha value is -2.44. The van der Waals surface area contributed by atoms with Crippen molar-refractivity contribution in [1.29, 1.82) is 0 Å². The first-order valence-corrected chi connectivity index (χ1v) is 7.35. The molecule has 1 saturated heterocycles. The minimum Gasteiger partial charge on any atom is -0.448 e. The lowest BCUT2D eigenvalue weighted by atomic mass is 10.1. The Morgan fingerprint density at radius 1 is 1.36 bits per heavy atom. The highest BCUT2D eigenvalue weighted by Gasteiger charge is 2.33. The molecule has 116 valence electrons. The standard InChI is InChI=1S/C15H19N5O2/c1-9-17-11(7-14(16-3)18-9)13-5-4-6-20(13)15(21)12-8-22-10(2)19-12/h7-8,13H,4-6H2,1-3H3,(H,16,17,18)/t13-/m0/s1. The SMILES string of the molecule is CNc1cc([C@@H]2CCCN2C(=O)c2coc(C)n2)nc(C)n1. The predicted molar refractivity (Wildman–Crippen MR) is 80.6 cm³/mol. The molecule has 0 aliphatic carbocycles. The van der Waals surface area contributed by atoms with Gasteiger partial charge in [0.25, 0.3) is 5.91 Å². The first kappa shape index (κ1) is 14.5. The number of hydrogen-bond donors (Lipinski definition) is 1. The molecule has 0 radical (unpaired) electrons. The Labute approximate surface area is 128 Å². The third-order valence-electron chi connectivity index (χ3n) is 3.81. The Morgan fingerprint density at radius 3 is 2.86 bits per heavy atom. The molecule has 2 aromatic rings. The van der Waals surface area contributed by atoms with E-state index >= 15 is 0 Å². The van der Waals surface area contributed by atoms with E-state index in [1.807, 2.05) is 24.9 Å². The first-order valence-electron chi connectivity index (χ1n) is 7.35. The summed E-state index contributed by atoms with van der Waals surface area (Å²) in [7, 11) is 1.82. The van der Waals surface area contributed by atoms with Crippen LogP contribution in [-0.2, 0) is 0 Å². The number of aryl methyl sites for hydroxylation is 2. The maximum atomic E-state index is 12.6. The summed E-state index contributed by atoms with van der Waals surface area (Å²) >= 11 is 0. The lowest BCUT2D eigenvalue weighted by Crippen LogP contribution is -2.31. The summed E-state index contributed by atoms with van der Waals surface area (Å²) in [5, 5.41) is 3.03. The van der Waals surface area contributed by atoms with Crippen molar-refractivity contribution < 1.29 is 9.21 Å². The summed E-state index contributed by atoms with van der Waals surface area (Å²) in [4.78, 5) is 27.4. The fourth-order valence-corrected chi connectivity index (χ4v) is 2.82. The van der Waals surface area contributed by atoms with E-state index in [-0.39, 0.29) is 11.9 Å². The smallest absolute Gasteiger partial charge is 0.276 e. The Bertz CT molecular complexity index is 697. The van der Waals surface area contributed by atoms with E-state index in [4.69, 9.17) is 4.42 Å². The molecule has 3 rings (SSSR count). The number of hydrogen-bond acceptors (Lipinski definition) is 6. The molecule has 7 heteroatoms. The normalized spacial score (nSPS) is 17.8. The highest BCUT2D eigenvalue weighted by Crippen LogP contribution is 2.32. The van der Waals surface area contributed by atoms with Crippen molar-refractivity contribution in [3.05, 3.63) is 35.4 Å². The fourth-order valence-electron chi connectivity index (χ4n) is 2.82. The molecule has 1 aliphatic rings. The van der Waals surface area contributed by atoms with Gasteiger partial charge in [0.2, 0.25) is 0 Å². The topological polar surface area (TPSA) is 84.2 Å². The maximum absolute atomic E-state index is 12.6. The van der Waals surface area contributed by atoms with Crippen LogP contribution in [0.3, 0.4) is 0 Å². The molecule has 0 spiro atoms. The van der Waals surface area contributed by atoms with Crippen molar-refractivity contribution in [3.8, 4) is 0 Å². The third-order valence-corrected chi connectivity index (χ3v) is 3.81. The van der Waals surface area contributed by atoms with E-state index in [0.717, 1.165) is 24.4 Å². The van der Waals surface area contributed by atoms with Crippen molar-refractivity contribution in [2.75, 3.05) is 18.9 Å². The van der Waals surface area contributed by atoms with Crippen LogP contribution in [0.2, 0.25) is 0 Å². The number of aromatic nitrogens is 3. The summed E-state index contributed by atoms with van der Waals surface area (Å²) in [6, 6.07) is 1.86. The van der Waals surface area contributed by atoms with Crippen molar-refractivity contribution in [2.45, 2.75) is 32.7 Å². The van der Waals surface area contributed by atoms with Gasteiger partial charge in [0, 0.05) is 26.6 Å². The molecule has 1 aliphatic heterocycles. The lowest BCUT2D eigenvalue weighted by molar-refractivity contribution is 0.0726. The molecular weight excluding hydrogens is 282 g/mol. The quantitative estimate of drug-likeness (QED) is 0.934. The van der Waals surface area contributed by atoms with Gasteiger partial charge >= 0.3 is 0 Å². The second-order valence-corrected chi connectivity index (χ2v) is 5.38. The maximum Gasteiger partial charge on any atom is 0.276 e. The number of rotatable bonds is 3. The molecule has 3 heterocycles. The van der Waals surface area contributed by atoms with Crippen LogP contribution in [-0.4, -0.2) is 39.4 Å². The van der Waals surface area contributed by atoms with Gasteiger partial charge < -0.3 is 14.6 Å². The van der Waals surface area contributed by atoms with Crippen LogP contribution >= 0.6 is 0 Å². The van der Waals surface area contributed by atoms with Crippen LogP contribution in [0.15, 0.2) is 16.7 Å². The Morgan fingerprint density at radius 2 is 2.18 bits per heavy atom. The molecule has 0 aromatic carbocycles. The van der Waals surface area contributed by atoms with E-state index in [2.05, 4.69) is 20.3 Å². The zero-order chi connectivity index (χ0) is 15.7. The van der Waals surface area contributed by atoms with Gasteiger partial charge in [-0.25, -0.2) is 15.0 Å². The lowest BCUT2D eigenvalue weighted by Gasteiger charge is -2.23. The van der Waals surface area contributed by atoms with E-state index in [0.29, 0.717) is 24.0 Å². The summed E-state index contributed by atoms with van der Waals surface area (Å²) in [6.45, 7) is 4.28. The Balaban J connectivity index is 1.90. The van der Waals surface area contributed by atoms with Crippen LogP contribution in [0.25, 0.3) is 0 Å². The van der Waals surface area contributed by atoms with Gasteiger partial charge in [0.15, 0.2) is 11.6 Å². The van der Waals surface area contributed by atoms with Crippen molar-refractivity contribution in [2.24, 2.45) is 0 Å². The zero-order valence-corrected chi connectivity index (χ0v) is 13.0. The van der Waals surface area contributed by atoms with Crippen molar-refractivity contribution in [1.82, 2.24) is 19.9 Å². The monoisotopic (exact) mass is 301 g/mol. The van der Waals surface area contributed by atoms with Gasteiger partial charge in [-0.1, -0.05) is 0 Å². The summed E-state index contributed by atoms with van der Waals surface area (Å²) in [6.07, 6.45) is 3.25. The minimum absolute atomic E-state index is 0.0432. The summed E-state index contributed by atoms with van der Waals surface area (Å²) in [5.74, 6) is 1.84. The fraction of sp³-hybridized carbons (Fsp3) is 0.467. The third kappa shape index (κ3) is 2.66. The molecule has 0 bridgehead atoms. The van der Waals surface area contributed by atoms with E-state index in [1.165, 1.54) is 6.26 Å². The molecule has 2 aromatic heterocycles. The summed E-state index contributed by atoms with van der Waals surface area (Å²) < 4.78 is 5.15. The molecule has 0 unspecified atom stereocenters. The van der Waals surface area contributed by atoms with Gasteiger partial charge in [-0.05, 0) is 19.8 Å². The number of likely N-dealkylation sites (tertiary alicyclic amines) is 1. The minimum atomic E-state index is -0.110. The molecule has 7 nitrogen and oxygen atoms in total. The molecule has 1 N–H and O–H groups in total. The van der Waals surface area contributed by atoms with Gasteiger partial charge in [-0.3, -0.25) is 4.79 Å². The number of oxazole rings is 1. The number of amides is 1. The van der Waals surface area contributed by atoms with Crippen LogP contribution in [0.1, 0.15) is 46.8 Å². The first-order chi connectivity index (χ1) is 10.6. The Kier molecular flexibility index (Phi) is 3.79. The van der Waals surface area contributed by atoms with E-state index in [9.17, 15) is 4.79 Å². The molecule has 22 heavy (non-hydrogen) atoms. The number of carbonyl (C=O) groups is 1. The molecular formula is C15H19N5O2. The summed E-state index contributed by atoms with van der Waals surface area (Å²) in [5.41, 5.74) is 1.21. The second kappa shape index (κ2) is 5.75. The molecule has 1 fully saturated rings. The van der Waals surface area contributed by atoms with Crippen LogP contribution in [0.5, 0.6) is 0 Å². The van der Waals surface area contributed by atoms with Crippen molar-refractivity contribution >= 4 is 11.7 Å². The number of nitrogens with zero attached hydrogens (tertiary/aromatic N) is 4. The number of carbonyl (C=O) groups excluding carboxylic acids is 1. The van der Waals surface area contributed by atoms with Gasteiger partial charge in [-0.15, -0.1) is 0 Å². The molecule has 0 saturated carbocycles. The highest BCUT2D eigenvalue weighted by molar-refractivity contribution is 5.92. The predicted octanol–water partition coefficient (Wildman–Crippen LogP) is 2.10. The highest BCUT2D eigenvalue weighted by atomic mass is 16.3. The van der Waals surface area contributed by atoms with Crippen LogP contribution in [0.4, 0.5) is 5.82 Å².